The number of hydrogen-bond donors (Lipinski definition) is 3. The number of rotatable bonds is 2. The van der Waals surface area contributed by atoms with Crippen LogP contribution in [-0.4, -0.2) is 24.0 Å². The third kappa shape index (κ3) is 5.50. The topological polar surface area (TPSA) is 123 Å². The van der Waals surface area contributed by atoms with Crippen LogP contribution in [0.5, 0.6) is 0 Å². The maximum atomic E-state index is 12.0. The Morgan fingerprint density at radius 1 is 1.15 bits per heavy atom. The van der Waals surface area contributed by atoms with Crippen molar-refractivity contribution in [2.45, 2.75) is 25.9 Å². The SMILES string of the molecule is CC1(C)[C@H](C(=O)[NH+]=C(N)N)[C@H]1c1cc(Cl)cc(Cl)c1.O=C([O-])C(F)(F)F. The summed E-state index contributed by atoms with van der Waals surface area (Å²) < 4.78 is 31.5. The van der Waals surface area contributed by atoms with Gasteiger partial charge in [0.15, 0.2) is 0 Å². The first-order valence-electron chi connectivity index (χ1n) is 7.10. The van der Waals surface area contributed by atoms with E-state index in [9.17, 15) is 18.0 Å². The summed E-state index contributed by atoms with van der Waals surface area (Å²) in [6.45, 7) is 4.03. The van der Waals surface area contributed by atoms with Crippen molar-refractivity contribution >= 4 is 41.0 Å². The molecule has 1 saturated carbocycles. The van der Waals surface area contributed by atoms with Crippen molar-refractivity contribution in [2.24, 2.45) is 22.8 Å². The number of aliphatic carboxylic acids is 1. The third-order valence-corrected chi connectivity index (χ3v) is 4.29. The average molecular weight is 414 g/mol. The van der Waals surface area contributed by atoms with Crippen molar-refractivity contribution in [3.8, 4) is 0 Å². The van der Waals surface area contributed by atoms with Crippen LogP contribution in [-0.2, 0) is 9.59 Å². The van der Waals surface area contributed by atoms with E-state index in [0.717, 1.165) is 5.56 Å². The molecule has 6 nitrogen and oxygen atoms in total. The molecule has 0 spiro atoms. The van der Waals surface area contributed by atoms with E-state index in [0.29, 0.717) is 10.0 Å². The molecule has 5 N–H and O–H groups in total. The monoisotopic (exact) mass is 413 g/mol. The molecule has 1 aliphatic carbocycles. The Balaban J connectivity index is 0.000000412. The maximum Gasteiger partial charge on any atom is 0.430 e. The van der Waals surface area contributed by atoms with Gasteiger partial charge in [-0.2, -0.15) is 13.2 Å². The summed E-state index contributed by atoms with van der Waals surface area (Å²) in [6, 6.07) is 5.34. The maximum absolute atomic E-state index is 12.0. The lowest BCUT2D eigenvalue weighted by molar-refractivity contribution is -0.382. The van der Waals surface area contributed by atoms with Crippen LogP contribution in [0.1, 0.15) is 25.3 Å². The Bertz CT molecular complexity index is 727. The van der Waals surface area contributed by atoms with Crippen LogP contribution in [0.15, 0.2) is 18.2 Å². The van der Waals surface area contributed by atoms with Gasteiger partial charge >= 0.3 is 12.1 Å². The highest BCUT2D eigenvalue weighted by atomic mass is 35.5. The Morgan fingerprint density at radius 3 is 1.92 bits per heavy atom. The molecule has 0 radical (unpaired) electrons. The molecule has 2 rings (SSSR count). The van der Waals surface area contributed by atoms with Gasteiger partial charge in [-0.1, -0.05) is 37.0 Å². The van der Waals surface area contributed by atoms with E-state index in [4.69, 9.17) is 44.6 Å². The van der Waals surface area contributed by atoms with Crippen LogP contribution in [0, 0.1) is 11.3 Å². The van der Waals surface area contributed by atoms with Gasteiger partial charge in [0, 0.05) is 16.0 Å². The normalized spacial score (nSPS) is 20.4. The molecule has 1 aliphatic rings. The van der Waals surface area contributed by atoms with Crippen LogP contribution in [0.2, 0.25) is 10.0 Å². The van der Waals surface area contributed by atoms with Crippen molar-refractivity contribution in [2.75, 3.05) is 0 Å². The molecule has 144 valence electrons. The Kier molecular flexibility index (Phi) is 6.54. The van der Waals surface area contributed by atoms with E-state index < -0.39 is 12.1 Å². The minimum Gasteiger partial charge on any atom is -0.542 e. The van der Waals surface area contributed by atoms with Crippen LogP contribution in [0.4, 0.5) is 13.2 Å². The minimum absolute atomic E-state index is 0.0584. The molecule has 0 unspecified atom stereocenters. The molecule has 1 amide bonds. The predicted octanol–water partition coefficient (Wildman–Crippen LogP) is -0.0878. The summed E-state index contributed by atoms with van der Waals surface area (Å²) in [5.41, 5.74) is 11.4. The highest BCUT2D eigenvalue weighted by molar-refractivity contribution is 6.34. The van der Waals surface area contributed by atoms with Gasteiger partial charge in [0.1, 0.15) is 5.97 Å². The fourth-order valence-corrected chi connectivity index (χ4v) is 3.27. The van der Waals surface area contributed by atoms with Gasteiger partial charge in [-0.05, 0) is 29.2 Å². The van der Waals surface area contributed by atoms with Crippen molar-refractivity contribution in [1.29, 1.82) is 0 Å². The second kappa shape index (κ2) is 7.71. The number of carboxylic acid groups (broad SMARTS) is 1. The number of carboxylic acids is 1. The number of nitrogens with two attached hydrogens (primary N) is 2. The van der Waals surface area contributed by atoms with E-state index in [1.165, 1.54) is 0 Å². The standard InChI is InChI=1S/C13H15Cl2N3O.C2HF3O2/c1-13(2)9(10(13)11(19)18-12(16)17)6-3-7(14)5-8(15)4-6;3-2(4,5)1(6)7/h3-5,9-10H,1-2H3,(H4,16,17,18,19);(H,6,7)/t9-,10+;/m1./s1. The number of alkyl halides is 3. The summed E-state index contributed by atoms with van der Waals surface area (Å²) in [5, 5.41) is 9.91. The molecule has 1 fully saturated rings. The zero-order valence-electron chi connectivity index (χ0n) is 13.7. The van der Waals surface area contributed by atoms with Crippen LogP contribution < -0.4 is 21.6 Å². The number of nitrogens with one attached hydrogen (secondary N) is 1. The van der Waals surface area contributed by atoms with Gasteiger partial charge in [0.2, 0.25) is 0 Å². The minimum atomic E-state index is -5.19. The van der Waals surface area contributed by atoms with Crippen molar-refractivity contribution in [3.63, 3.8) is 0 Å². The van der Waals surface area contributed by atoms with Crippen molar-refractivity contribution in [1.82, 2.24) is 0 Å². The highest BCUT2D eigenvalue weighted by Gasteiger charge is 2.63. The van der Waals surface area contributed by atoms with Gasteiger partial charge in [-0.15, -0.1) is 0 Å². The predicted molar refractivity (Wildman–Crippen MR) is 86.9 cm³/mol. The van der Waals surface area contributed by atoms with Gasteiger partial charge in [-0.25, -0.2) is 4.99 Å². The zero-order chi connectivity index (χ0) is 20.4. The Labute approximate surface area is 157 Å². The quantitative estimate of drug-likeness (QED) is 0.461. The summed E-state index contributed by atoms with van der Waals surface area (Å²) in [4.78, 5) is 23.3. The van der Waals surface area contributed by atoms with Gasteiger partial charge in [-0.3, -0.25) is 16.3 Å². The number of carbonyl (C=O) groups is 2. The molecule has 1 aromatic rings. The van der Waals surface area contributed by atoms with E-state index in [-0.39, 0.29) is 29.1 Å². The molecule has 1 aromatic carbocycles. The summed E-state index contributed by atoms with van der Waals surface area (Å²) in [7, 11) is 0. The molecule has 11 heteroatoms. The lowest BCUT2D eigenvalue weighted by Crippen LogP contribution is -2.82. The number of hydrogen-bond acceptors (Lipinski definition) is 3. The molecular formula is C15H16Cl2F3N3O3. The van der Waals surface area contributed by atoms with E-state index in [2.05, 4.69) is 4.99 Å². The van der Waals surface area contributed by atoms with Crippen molar-refractivity contribution < 1.29 is 32.9 Å². The first-order valence-corrected chi connectivity index (χ1v) is 7.86. The highest BCUT2D eigenvalue weighted by Crippen LogP contribution is 2.64. The van der Waals surface area contributed by atoms with E-state index >= 15 is 0 Å². The molecule has 0 aromatic heterocycles. The van der Waals surface area contributed by atoms with Crippen LogP contribution >= 0.6 is 23.2 Å². The van der Waals surface area contributed by atoms with E-state index in [1.807, 2.05) is 26.0 Å². The number of guanidine groups is 1. The second-order valence-corrected chi connectivity index (χ2v) is 7.08. The Hall–Kier alpha value is -2.00. The van der Waals surface area contributed by atoms with Crippen LogP contribution in [0.25, 0.3) is 0 Å². The van der Waals surface area contributed by atoms with E-state index in [1.54, 1.807) is 6.07 Å². The second-order valence-electron chi connectivity index (χ2n) is 6.21. The average Bonchev–Trinajstić information content (AvgIpc) is 2.99. The lowest BCUT2D eigenvalue weighted by Gasteiger charge is -2.04. The number of halogens is 5. The molecule has 0 heterocycles. The first-order chi connectivity index (χ1) is 11.7. The molecule has 26 heavy (non-hydrogen) atoms. The summed E-state index contributed by atoms with van der Waals surface area (Å²) >= 11 is 12.0. The summed E-state index contributed by atoms with van der Waals surface area (Å²) in [6.07, 6.45) is -5.19. The Morgan fingerprint density at radius 2 is 1.58 bits per heavy atom. The molecular weight excluding hydrogens is 398 g/mol. The lowest BCUT2D eigenvalue weighted by atomic mass is 10.0. The van der Waals surface area contributed by atoms with Gasteiger partial charge < -0.3 is 9.90 Å². The largest absolute Gasteiger partial charge is 0.542 e. The van der Waals surface area contributed by atoms with Gasteiger partial charge in [0.05, 0.1) is 5.92 Å². The fourth-order valence-electron chi connectivity index (χ4n) is 2.72. The molecule has 2 atom stereocenters. The molecule has 0 aliphatic heterocycles. The smallest absolute Gasteiger partial charge is 0.430 e. The number of benzene rings is 1. The number of amides is 1. The molecule has 0 saturated heterocycles. The van der Waals surface area contributed by atoms with Gasteiger partial charge in [0.25, 0.3) is 5.91 Å². The van der Waals surface area contributed by atoms with Crippen LogP contribution in [0.3, 0.4) is 0 Å². The summed E-state index contributed by atoms with van der Waals surface area (Å²) in [5.74, 6) is -3.40. The third-order valence-electron chi connectivity index (χ3n) is 3.85. The fraction of sp³-hybridized carbons (Fsp3) is 0.400. The number of carbonyl (C=O) groups excluding carboxylic acids is 2. The first kappa shape index (κ1) is 22.0. The molecule has 0 bridgehead atoms. The zero-order valence-corrected chi connectivity index (χ0v) is 15.2. The van der Waals surface area contributed by atoms with Crippen molar-refractivity contribution in [3.05, 3.63) is 33.8 Å².